The van der Waals surface area contributed by atoms with Crippen LogP contribution in [-0.4, -0.2) is 44.2 Å². The fourth-order valence-electron chi connectivity index (χ4n) is 2.39. The van der Waals surface area contributed by atoms with Crippen LogP contribution in [0.15, 0.2) is 36.7 Å². The van der Waals surface area contributed by atoms with E-state index in [1.807, 2.05) is 28.8 Å². The number of aromatic amines is 1. The molecule has 2 heterocycles. The van der Waals surface area contributed by atoms with Gasteiger partial charge in [-0.05, 0) is 36.6 Å². The first-order chi connectivity index (χ1) is 11.3. The third-order valence-electron chi connectivity index (χ3n) is 3.54. The van der Waals surface area contributed by atoms with E-state index in [0.29, 0.717) is 18.8 Å². The number of aromatic nitrogens is 4. The first-order valence-corrected chi connectivity index (χ1v) is 8.88. The van der Waals surface area contributed by atoms with Gasteiger partial charge >= 0.3 is 0 Å². The SMILES string of the molecule is CSCCCNC(=O)c1cc(Cn2cnc3ccccc32)[nH]n1. The standard InChI is InChI=1S/C16H19N5OS/c1-23-8-4-7-17-16(22)14-9-12(19-20-14)10-21-11-18-13-5-2-3-6-15(13)21/h2-3,5-6,9,11H,4,7-8,10H2,1H3,(H,17,22)(H,19,20). The first-order valence-electron chi connectivity index (χ1n) is 7.49. The molecule has 0 aliphatic carbocycles. The van der Waals surface area contributed by atoms with Crippen molar-refractivity contribution < 1.29 is 4.79 Å². The van der Waals surface area contributed by atoms with E-state index in [1.165, 1.54) is 0 Å². The number of thioether (sulfide) groups is 1. The maximum Gasteiger partial charge on any atom is 0.271 e. The van der Waals surface area contributed by atoms with E-state index < -0.39 is 0 Å². The predicted octanol–water partition coefficient (Wildman–Crippen LogP) is 2.29. The lowest BCUT2D eigenvalue weighted by Crippen LogP contribution is -2.25. The number of rotatable bonds is 7. The van der Waals surface area contributed by atoms with E-state index in [1.54, 1.807) is 24.2 Å². The predicted molar refractivity (Wildman–Crippen MR) is 92.8 cm³/mol. The number of amides is 1. The van der Waals surface area contributed by atoms with Gasteiger partial charge in [-0.3, -0.25) is 9.89 Å². The summed E-state index contributed by atoms with van der Waals surface area (Å²) in [5, 5.41) is 9.91. The van der Waals surface area contributed by atoms with Gasteiger partial charge in [-0.15, -0.1) is 0 Å². The number of carbonyl (C=O) groups is 1. The van der Waals surface area contributed by atoms with E-state index in [-0.39, 0.29) is 5.91 Å². The minimum atomic E-state index is -0.135. The van der Waals surface area contributed by atoms with E-state index in [2.05, 4.69) is 26.8 Å². The van der Waals surface area contributed by atoms with E-state index in [4.69, 9.17) is 0 Å². The molecule has 0 atom stereocenters. The molecular formula is C16H19N5OS. The van der Waals surface area contributed by atoms with E-state index in [9.17, 15) is 4.79 Å². The maximum absolute atomic E-state index is 12.0. The van der Waals surface area contributed by atoms with Crippen LogP contribution >= 0.6 is 11.8 Å². The topological polar surface area (TPSA) is 75.6 Å². The van der Waals surface area contributed by atoms with Gasteiger partial charge in [-0.25, -0.2) is 4.98 Å². The van der Waals surface area contributed by atoms with E-state index in [0.717, 1.165) is 28.9 Å². The molecular weight excluding hydrogens is 310 g/mol. The minimum Gasteiger partial charge on any atom is -0.351 e. The van der Waals surface area contributed by atoms with Crippen LogP contribution in [0.1, 0.15) is 22.6 Å². The lowest BCUT2D eigenvalue weighted by molar-refractivity contribution is 0.0949. The van der Waals surface area contributed by atoms with Crippen molar-refractivity contribution in [1.82, 2.24) is 25.1 Å². The highest BCUT2D eigenvalue weighted by molar-refractivity contribution is 7.98. The molecule has 6 nitrogen and oxygen atoms in total. The number of nitrogens with one attached hydrogen (secondary N) is 2. The summed E-state index contributed by atoms with van der Waals surface area (Å²) in [6.07, 6.45) is 4.82. The second kappa shape index (κ2) is 7.32. The fraction of sp³-hybridized carbons (Fsp3) is 0.312. The summed E-state index contributed by atoms with van der Waals surface area (Å²) in [6, 6.07) is 9.75. The molecule has 0 spiro atoms. The third kappa shape index (κ3) is 3.73. The van der Waals surface area contributed by atoms with Crippen molar-refractivity contribution in [2.75, 3.05) is 18.6 Å². The van der Waals surface area contributed by atoms with Crippen LogP contribution in [0.25, 0.3) is 11.0 Å². The Kier molecular flexibility index (Phi) is 4.97. The van der Waals surface area contributed by atoms with E-state index >= 15 is 0 Å². The lowest BCUT2D eigenvalue weighted by atomic mass is 10.3. The highest BCUT2D eigenvalue weighted by Crippen LogP contribution is 2.13. The van der Waals surface area contributed by atoms with Gasteiger partial charge < -0.3 is 9.88 Å². The number of carbonyl (C=O) groups excluding carboxylic acids is 1. The van der Waals surface area contributed by atoms with Crippen LogP contribution in [0.4, 0.5) is 0 Å². The molecule has 2 aromatic heterocycles. The summed E-state index contributed by atoms with van der Waals surface area (Å²) in [6.45, 7) is 1.28. The average molecular weight is 329 g/mol. The molecule has 0 radical (unpaired) electrons. The van der Waals surface area contributed by atoms with Gasteiger partial charge in [0.1, 0.15) is 5.69 Å². The highest BCUT2D eigenvalue weighted by Gasteiger charge is 2.11. The van der Waals surface area contributed by atoms with Gasteiger partial charge in [0.05, 0.1) is 29.6 Å². The quantitative estimate of drug-likeness (QED) is 0.652. The number of fused-ring (bicyclic) bond motifs is 1. The number of H-pyrrole nitrogens is 1. The maximum atomic E-state index is 12.0. The molecule has 3 rings (SSSR count). The zero-order valence-electron chi connectivity index (χ0n) is 13.0. The second-order valence-corrected chi connectivity index (χ2v) is 6.23. The second-order valence-electron chi connectivity index (χ2n) is 5.24. The number of hydrogen-bond donors (Lipinski definition) is 2. The smallest absolute Gasteiger partial charge is 0.271 e. The van der Waals surface area contributed by atoms with Gasteiger partial charge in [0.15, 0.2) is 0 Å². The zero-order chi connectivity index (χ0) is 16.1. The Hall–Kier alpha value is -2.28. The zero-order valence-corrected chi connectivity index (χ0v) is 13.8. The summed E-state index contributed by atoms with van der Waals surface area (Å²) >= 11 is 1.77. The van der Waals surface area contributed by atoms with Crippen molar-refractivity contribution in [2.45, 2.75) is 13.0 Å². The van der Waals surface area contributed by atoms with Gasteiger partial charge in [0.2, 0.25) is 0 Å². The molecule has 0 saturated heterocycles. The molecule has 3 aromatic rings. The average Bonchev–Trinajstić information content (AvgIpc) is 3.20. The molecule has 0 unspecified atom stereocenters. The fourth-order valence-corrected chi connectivity index (χ4v) is 2.82. The van der Waals surface area contributed by atoms with Crippen LogP contribution in [0, 0.1) is 0 Å². The molecule has 0 bridgehead atoms. The van der Waals surface area contributed by atoms with Crippen LogP contribution in [0.3, 0.4) is 0 Å². The lowest BCUT2D eigenvalue weighted by Gasteiger charge is -2.02. The summed E-state index contributed by atoms with van der Waals surface area (Å²) in [5.74, 6) is 0.906. The molecule has 0 aliphatic heterocycles. The monoisotopic (exact) mass is 329 g/mol. The molecule has 1 amide bonds. The Morgan fingerprint density at radius 3 is 3.13 bits per heavy atom. The van der Waals surface area contributed by atoms with Gasteiger partial charge in [0.25, 0.3) is 5.91 Å². The Balaban J connectivity index is 1.64. The van der Waals surface area contributed by atoms with Crippen molar-refractivity contribution in [3.05, 3.63) is 48.0 Å². The van der Waals surface area contributed by atoms with Crippen LogP contribution < -0.4 is 5.32 Å². The Bertz CT molecular complexity index is 794. The van der Waals surface area contributed by atoms with Crippen LogP contribution in [0.5, 0.6) is 0 Å². The Morgan fingerprint density at radius 2 is 2.26 bits per heavy atom. The third-order valence-corrected chi connectivity index (χ3v) is 4.24. The van der Waals surface area contributed by atoms with Gasteiger partial charge in [0, 0.05) is 6.54 Å². The highest BCUT2D eigenvalue weighted by atomic mass is 32.2. The summed E-state index contributed by atoms with van der Waals surface area (Å²) in [7, 11) is 0. The first kappa shape index (κ1) is 15.6. The van der Waals surface area contributed by atoms with Crippen molar-refractivity contribution in [2.24, 2.45) is 0 Å². The van der Waals surface area contributed by atoms with Crippen molar-refractivity contribution in [3.8, 4) is 0 Å². The molecule has 0 saturated carbocycles. The molecule has 7 heteroatoms. The number of imidazole rings is 1. The molecule has 1 aromatic carbocycles. The molecule has 120 valence electrons. The molecule has 0 fully saturated rings. The largest absolute Gasteiger partial charge is 0.351 e. The summed E-state index contributed by atoms with van der Waals surface area (Å²) in [4.78, 5) is 16.4. The number of nitrogens with zero attached hydrogens (tertiary/aromatic N) is 3. The van der Waals surface area contributed by atoms with Gasteiger partial charge in [-0.1, -0.05) is 12.1 Å². The van der Waals surface area contributed by atoms with Crippen LogP contribution in [-0.2, 0) is 6.54 Å². The Labute approximate surface area is 138 Å². The molecule has 0 aliphatic rings. The minimum absolute atomic E-state index is 0.135. The number of hydrogen-bond acceptors (Lipinski definition) is 4. The van der Waals surface area contributed by atoms with Gasteiger partial charge in [-0.2, -0.15) is 16.9 Å². The normalized spacial score (nSPS) is 11.0. The summed E-state index contributed by atoms with van der Waals surface area (Å²) in [5.41, 5.74) is 3.32. The van der Waals surface area contributed by atoms with Crippen molar-refractivity contribution in [1.29, 1.82) is 0 Å². The van der Waals surface area contributed by atoms with Crippen LogP contribution in [0.2, 0.25) is 0 Å². The van der Waals surface area contributed by atoms with Crippen molar-refractivity contribution in [3.63, 3.8) is 0 Å². The number of para-hydroxylation sites is 2. The molecule has 23 heavy (non-hydrogen) atoms. The number of benzene rings is 1. The Morgan fingerprint density at radius 1 is 1.39 bits per heavy atom. The molecule has 2 N–H and O–H groups in total. The van der Waals surface area contributed by atoms with Crippen molar-refractivity contribution >= 4 is 28.7 Å². The summed E-state index contributed by atoms with van der Waals surface area (Å²) < 4.78 is 2.03.